The van der Waals surface area contributed by atoms with E-state index in [1.807, 2.05) is 55.1 Å². The van der Waals surface area contributed by atoms with Crippen molar-refractivity contribution in [2.24, 2.45) is 0 Å². The molecule has 3 aromatic rings. The van der Waals surface area contributed by atoms with Gasteiger partial charge < -0.3 is 9.30 Å². The molecule has 1 unspecified atom stereocenters. The molecular weight excluding hydrogens is 346 g/mol. The third-order valence-electron chi connectivity index (χ3n) is 5.41. The zero-order chi connectivity index (χ0) is 19.8. The van der Waals surface area contributed by atoms with Crippen LogP contribution in [0.5, 0.6) is 5.75 Å². The lowest BCUT2D eigenvalue weighted by Crippen LogP contribution is -2.27. The molecule has 0 saturated heterocycles. The Hall–Kier alpha value is -3.06. The van der Waals surface area contributed by atoms with Crippen LogP contribution in [0.1, 0.15) is 42.4 Å². The number of methoxy groups -OCH3 is 1. The first-order chi connectivity index (χ1) is 13.7. The van der Waals surface area contributed by atoms with Crippen molar-refractivity contribution in [3.63, 3.8) is 0 Å². The van der Waals surface area contributed by atoms with Crippen LogP contribution in [0.4, 0.5) is 0 Å². The highest BCUT2D eigenvalue weighted by Gasteiger charge is 2.35. The standard InChI is InChI=1S/C24H27N3O/c1-20-8-4-5-9-23(20)24(18-25,21-10-12-22(28-2)13-11-21)14-6-3-7-16-27-17-15-26-19-27/h4-5,8-13,15,17,19H,3,6-7,14,16H2,1-2H3. The first-order valence-electron chi connectivity index (χ1n) is 9.77. The van der Waals surface area contributed by atoms with E-state index in [0.717, 1.165) is 54.7 Å². The number of nitrogens with zero attached hydrogens (tertiary/aromatic N) is 3. The maximum absolute atomic E-state index is 10.3. The van der Waals surface area contributed by atoms with Crippen LogP contribution in [0, 0.1) is 18.3 Å². The lowest BCUT2D eigenvalue weighted by atomic mass is 9.70. The fourth-order valence-corrected chi connectivity index (χ4v) is 3.82. The van der Waals surface area contributed by atoms with E-state index in [9.17, 15) is 5.26 Å². The molecule has 1 aromatic heterocycles. The van der Waals surface area contributed by atoms with E-state index in [0.29, 0.717) is 0 Å². The van der Waals surface area contributed by atoms with Crippen LogP contribution in [0.15, 0.2) is 67.3 Å². The second kappa shape index (κ2) is 9.23. The second-order valence-corrected chi connectivity index (χ2v) is 7.17. The summed E-state index contributed by atoms with van der Waals surface area (Å²) in [5.74, 6) is 0.806. The number of aromatic nitrogens is 2. The molecule has 0 bridgehead atoms. The van der Waals surface area contributed by atoms with Gasteiger partial charge in [0, 0.05) is 18.9 Å². The Labute approximate surface area is 167 Å². The normalized spacial score (nSPS) is 12.9. The number of nitriles is 1. The van der Waals surface area contributed by atoms with Crippen molar-refractivity contribution >= 4 is 0 Å². The van der Waals surface area contributed by atoms with Crippen molar-refractivity contribution in [1.82, 2.24) is 9.55 Å². The van der Waals surface area contributed by atoms with Gasteiger partial charge >= 0.3 is 0 Å². The van der Waals surface area contributed by atoms with Crippen molar-refractivity contribution in [3.05, 3.63) is 83.9 Å². The third kappa shape index (κ3) is 4.26. The summed E-state index contributed by atoms with van der Waals surface area (Å²) in [5.41, 5.74) is 2.63. The zero-order valence-electron chi connectivity index (χ0n) is 16.6. The Balaban J connectivity index is 1.81. The molecule has 3 rings (SSSR count). The van der Waals surface area contributed by atoms with Gasteiger partial charge in [-0.05, 0) is 48.6 Å². The quantitative estimate of drug-likeness (QED) is 0.480. The molecule has 0 fully saturated rings. The minimum absolute atomic E-state index is 0.646. The second-order valence-electron chi connectivity index (χ2n) is 7.17. The lowest BCUT2D eigenvalue weighted by molar-refractivity contribution is 0.414. The van der Waals surface area contributed by atoms with Gasteiger partial charge in [-0.3, -0.25) is 0 Å². The summed E-state index contributed by atoms with van der Waals surface area (Å²) in [6, 6.07) is 18.8. The van der Waals surface area contributed by atoms with Crippen molar-refractivity contribution in [2.75, 3.05) is 7.11 Å². The molecule has 2 aromatic carbocycles. The first kappa shape index (κ1) is 19.7. The fraction of sp³-hybridized carbons (Fsp3) is 0.333. The van der Waals surface area contributed by atoms with Crippen LogP contribution in [0.2, 0.25) is 0 Å². The molecule has 1 atom stereocenters. The number of unbranched alkanes of at least 4 members (excludes halogenated alkanes) is 2. The van der Waals surface area contributed by atoms with Gasteiger partial charge in [-0.2, -0.15) is 5.26 Å². The minimum Gasteiger partial charge on any atom is -0.497 e. The van der Waals surface area contributed by atoms with E-state index >= 15 is 0 Å². The Kier molecular flexibility index (Phi) is 6.49. The summed E-state index contributed by atoms with van der Waals surface area (Å²) < 4.78 is 7.40. The van der Waals surface area contributed by atoms with Crippen molar-refractivity contribution in [3.8, 4) is 11.8 Å². The van der Waals surface area contributed by atoms with Crippen LogP contribution in [0.25, 0.3) is 0 Å². The predicted octanol–water partition coefficient (Wildman–Crippen LogP) is 5.27. The van der Waals surface area contributed by atoms with Gasteiger partial charge in [-0.25, -0.2) is 4.98 Å². The van der Waals surface area contributed by atoms with Gasteiger partial charge in [0.15, 0.2) is 0 Å². The first-order valence-corrected chi connectivity index (χ1v) is 9.77. The van der Waals surface area contributed by atoms with E-state index in [-0.39, 0.29) is 0 Å². The highest BCUT2D eigenvalue weighted by Crippen LogP contribution is 2.39. The molecule has 0 radical (unpaired) electrons. The summed E-state index contributed by atoms with van der Waals surface area (Å²) in [7, 11) is 1.66. The zero-order valence-corrected chi connectivity index (χ0v) is 16.6. The maximum atomic E-state index is 10.3. The van der Waals surface area contributed by atoms with Crippen LogP contribution >= 0.6 is 0 Å². The Morgan fingerprint density at radius 1 is 1.07 bits per heavy atom. The van der Waals surface area contributed by atoms with Crippen molar-refractivity contribution in [1.29, 1.82) is 5.26 Å². The van der Waals surface area contributed by atoms with E-state index in [4.69, 9.17) is 4.74 Å². The lowest BCUT2D eigenvalue weighted by Gasteiger charge is -2.29. The number of benzene rings is 2. The van der Waals surface area contributed by atoms with Crippen molar-refractivity contribution in [2.45, 2.75) is 44.6 Å². The fourth-order valence-electron chi connectivity index (χ4n) is 3.82. The highest BCUT2D eigenvalue weighted by molar-refractivity contribution is 5.50. The topological polar surface area (TPSA) is 50.8 Å². The van der Waals surface area contributed by atoms with Crippen LogP contribution < -0.4 is 4.74 Å². The number of imidazole rings is 1. The van der Waals surface area contributed by atoms with Gasteiger partial charge in [0.25, 0.3) is 0 Å². The van der Waals surface area contributed by atoms with E-state index in [1.54, 1.807) is 7.11 Å². The molecule has 0 N–H and O–H groups in total. The van der Waals surface area contributed by atoms with Gasteiger partial charge in [0.05, 0.1) is 19.5 Å². The number of hydrogen-bond acceptors (Lipinski definition) is 3. The summed E-state index contributed by atoms with van der Waals surface area (Å²) >= 11 is 0. The van der Waals surface area contributed by atoms with Crippen LogP contribution in [0.3, 0.4) is 0 Å². The Morgan fingerprint density at radius 2 is 1.86 bits per heavy atom. The van der Waals surface area contributed by atoms with Gasteiger partial charge in [0.1, 0.15) is 11.2 Å². The van der Waals surface area contributed by atoms with Gasteiger partial charge in [-0.1, -0.05) is 49.2 Å². The van der Waals surface area contributed by atoms with Gasteiger partial charge in [0.2, 0.25) is 0 Å². The van der Waals surface area contributed by atoms with E-state index in [2.05, 4.69) is 34.7 Å². The molecule has 0 spiro atoms. The Bertz CT molecular complexity index is 910. The minimum atomic E-state index is -0.646. The average molecular weight is 374 g/mol. The number of hydrogen-bond donors (Lipinski definition) is 0. The molecule has 0 amide bonds. The average Bonchev–Trinajstić information content (AvgIpc) is 3.25. The predicted molar refractivity (Wildman–Crippen MR) is 111 cm³/mol. The van der Waals surface area contributed by atoms with E-state index in [1.165, 1.54) is 0 Å². The molecule has 28 heavy (non-hydrogen) atoms. The molecule has 4 nitrogen and oxygen atoms in total. The molecule has 144 valence electrons. The number of ether oxygens (including phenoxy) is 1. The van der Waals surface area contributed by atoms with E-state index < -0.39 is 5.41 Å². The summed E-state index contributed by atoms with van der Waals surface area (Å²) in [6.07, 6.45) is 9.59. The Morgan fingerprint density at radius 3 is 2.50 bits per heavy atom. The summed E-state index contributed by atoms with van der Waals surface area (Å²) in [4.78, 5) is 4.09. The molecule has 0 saturated carbocycles. The molecule has 0 aliphatic carbocycles. The van der Waals surface area contributed by atoms with Crippen molar-refractivity contribution < 1.29 is 4.74 Å². The number of aryl methyl sites for hydroxylation is 2. The monoisotopic (exact) mass is 373 g/mol. The third-order valence-corrected chi connectivity index (χ3v) is 5.41. The summed E-state index contributed by atoms with van der Waals surface area (Å²) in [6.45, 7) is 3.05. The molecule has 0 aliphatic rings. The molecule has 1 heterocycles. The largest absolute Gasteiger partial charge is 0.497 e. The molecule has 4 heteroatoms. The highest BCUT2D eigenvalue weighted by atomic mass is 16.5. The maximum Gasteiger partial charge on any atom is 0.118 e. The number of rotatable bonds is 9. The summed E-state index contributed by atoms with van der Waals surface area (Å²) in [5, 5.41) is 10.3. The van der Waals surface area contributed by atoms with Gasteiger partial charge in [-0.15, -0.1) is 0 Å². The molecule has 0 aliphatic heterocycles. The van der Waals surface area contributed by atoms with Crippen LogP contribution in [-0.4, -0.2) is 16.7 Å². The SMILES string of the molecule is COc1ccc(C(C#N)(CCCCCn2ccnc2)c2ccccc2C)cc1. The molecular formula is C24H27N3O. The smallest absolute Gasteiger partial charge is 0.118 e. The van der Waals surface area contributed by atoms with Crippen LogP contribution in [-0.2, 0) is 12.0 Å².